The van der Waals surface area contributed by atoms with Gasteiger partial charge < -0.3 is 10.6 Å². The third-order valence-electron chi connectivity index (χ3n) is 3.50. The molecule has 2 rings (SSSR count). The van der Waals surface area contributed by atoms with E-state index in [1.54, 1.807) is 43.4 Å². The molecule has 0 bridgehead atoms. The number of aliphatic imine (C=N–C) groups is 1. The summed E-state index contributed by atoms with van der Waals surface area (Å²) in [6.45, 7) is 1.01. The SMILES string of the molecule is CN=C(NCc1ccc(S(C)(=O)=O)cc1)NCc1ccc(Cl)cc1Cl. The molecule has 0 spiro atoms. The second kappa shape index (κ2) is 8.56. The summed E-state index contributed by atoms with van der Waals surface area (Å²) in [7, 11) is -1.51. The number of rotatable bonds is 5. The van der Waals surface area contributed by atoms with Gasteiger partial charge in [0.15, 0.2) is 15.8 Å². The van der Waals surface area contributed by atoms with Gasteiger partial charge in [0.05, 0.1) is 4.90 Å². The third kappa shape index (κ3) is 5.92. The molecule has 0 aliphatic heterocycles. The van der Waals surface area contributed by atoms with Gasteiger partial charge in [-0.1, -0.05) is 41.4 Å². The van der Waals surface area contributed by atoms with Crippen LogP contribution in [0.5, 0.6) is 0 Å². The molecule has 0 saturated heterocycles. The largest absolute Gasteiger partial charge is 0.352 e. The van der Waals surface area contributed by atoms with Crippen molar-refractivity contribution < 1.29 is 8.42 Å². The highest BCUT2D eigenvalue weighted by molar-refractivity contribution is 7.90. The van der Waals surface area contributed by atoms with Crippen molar-refractivity contribution in [3.63, 3.8) is 0 Å². The first-order chi connectivity index (χ1) is 11.8. The Labute approximate surface area is 158 Å². The van der Waals surface area contributed by atoms with E-state index in [-0.39, 0.29) is 0 Å². The summed E-state index contributed by atoms with van der Waals surface area (Å²) in [5, 5.41) is 7.51. The molecule has 0 saturated carbocycles. The van der Waals surface area contributed by atoms with Gasteiger partial charge in [-0.2, -0.15) is 0 Å². The number of guanidine groups is 1. The smallest absolute Gasteiger partial charge is 0.191 e. The average molecular weight is 400 g/mol. The minimum absolute atomic E-state index is 0.302. The van der Waals surface area contributed by atoms with Gasteiger partial charge in [0, 0.05) is 36.4 Å². The number of halogens is 2. The highest BCUT2D eigenvalue weighted by atomic mass is 35.5. The van der Waals surface area contributed by atoms with Crippen LogP contribution in [0.15, 0.2) is 52.4 Å². The summed E-state index contributed by atoms with van der Waals surface area (Å²) in [6.07, 6.45) is 1.19. The standard InChI is InChI=1S/C17H19Cl2N3O2S/c1-20-17(22-11-13-5-6-14(18)9-16(13)19)21-10-12-3-7-15(8-4-12)25(2,23)24/h3-9H,10-11H2,1-2H3,(H2,20,21,22). The molecule has 2 aromatic rings. The summed E-state index contributed by atoms with van der Waals surface area (Å²) in [5.41, 5.74) is 1.85. The Balaban J connectivity index is 1.92. The van der Waals surface area contributed by atoms with E-state index < -0.39 is 9.84 Å². The number of benzene rings is 2. The first kappa shape index (κ1) is 19.6. The van der Waals surface area contributed by atoms with Crippen molar-refractivity contribution >= 4 is 39.0 Å². The monoisotopic (exact) mass is 399 g/mol. The van der Waals surface area contributed by atoms with Gasteiger partial charge in [0.2, 0.25) is 0 Å². The van der Waals surface area contributed by atoms with Crippen molar-refractivity contribution in [3.8, 4) is 0 Å². The molecular weight excluding hydrogens is 381 g/mol. The minimum Gasteiger partial charge on any atom is -0.352 e. The zero-order valence-corrected chi connectivity index (χ0v) is 16.2. The lowest BCUT2D eigenvalue weighted by atomic mass is 10.2. The zero-order chi connectivity index (χ0) is 18.4. The lowest BCUT2D eigenvalue weighted by Crippen LogP contribution is -2.36. The molecule has 0 aromatic heterocycles. The Bertz CT molecular complexity index is 866. The average Bonchev–Trinajstić information content (AvgIpc) is 2.56. The summed E-state index contributed by atoms with van der Waals surface area (Å²) < 4.78 is 22.9. The summed E-state index contributed by atoms with van der Waals surface area (Å²) in [5.74, 6) is 0.609. The van der Waals surface area contributed by atoms with Crippen LogP contribution in [0.4, 0.5) is 0 Å². The van der Waals surface area contributed by atoms with Crippen molar-refractivity contribution in [2.24, 2.45) is 4.99 Å². The van der Waals surface area contributed by atoms with Crippen LogP contribution >= 0.6 is 23.2 Å². The predicted molar refractivity (Wildman–Crippen MR) is 103 cm³/mol. The van der Waals surface area contributed by atoms with Crippen LogP contribution in [0.3, 0.4) is 0 Å². The molecule has 8 heteroatoms. The second-order valence-electron chi connectivity index (χ2n) is 5.43. The maximum atomic E-state index is 11.5. The number of nitrogens with one attached hydrogen (secondary N) is 2. The molecule has 0 unspecified atom stereocenters. The predicted octanol–water partition coefficient (Wildman–Crippen LogP) is 3.26. The molecule has 0 heterocycles. The lowest BCUT2D eigenvalue weighted by molar-refractivity contribution is 0.602. The maximum Gasteiger partial charge on any atom is 0.191 e. The van der Waals surface area contributed by atoms with E-state index in [1.807, 2.05) is 6.07 Å². The minimum atomic E-state index is -3.18. The van der Waals surface area contributed by atoms with Crippen molar-refractivity contribution in [2.75, 3.05) is 13.3 Å². The highest BCUT2D eigenvalue weighted by Crippen LogP contribution is 2.20. The lowest BCUT2D eigenvalue weighted by Gasteiger charge is -2.13. The van der Waals surface area contributed by atoms with Gasteiger partial charge in [0.1, 0.15) is 0 Å². The van der Waals surface area contributed by atoms with Gasteiger partial charge in [-0.25, -0.2) is 8.42 Å². The van der Waals surface area contributed by atoms with E-state index in [9.17, 15) is 8.42 Å². The number of hydrogen-bond donors (Lipinski definition) is 2. The normalized spacial score (nSPS) is 12.1. The van der Waals surface area contributed by atoms with E-state index >= 15 is 0 Å². The van der Waals surface area contributed by atoms with Crippen molar-refractivity contribution in [1.29, 1.82) is 0 Å². The number of hydrogen-bond acceptors (Lipinski definition) is 3. The molecule has 0 aliphatic carbocycles. The Hall–Kier alpha value is -1.76. The Morgan fingerprint density at radius 3 is 2.24 bits per heavy atom. The molecule has 134 valence electrons. The topological polar surface area (TPSA) is 70.6 Å². The van der Waals surface area contributed by atoms with Crippen molar-refractivity contribution in [3.05, 3.63) is 63.6 Å². The Kier molecular flexibility index (Phi) is 6.70. The summed E-state index contributed by atoms with van der Waals surface area (Å²) in [4.78, 5) is 4.45. The first-order valence-corrected chi connectivity index (χ1v) is 10.1. The van der Waals surface area contributed by atoms with E-state index in [0.29, 0.717) is 34.0 Å². The molecular formula is C17H19Cl2N3O2S. The van der Waals surface area contributed by atoms with Gasteiger partial charge in [-0.3, -0.25) is 4.99 Å². The van der Waals surface area contributed by atoms with Crippen LogP contribution in [-0.2, 0) is 22.9 Å². The van der Waals surface area contributed by atoms with Crippen LogP contribution in [0.2, 0.25) is 10.0 Å². The van der Waals surface area contributed by atoms with E-state index in [2.05, 4.69) is 15.6 Å². The fraction of sp³-hybridized carbons (Fsp3) is 0.235. The molecule has 25 heavy (non-hydrogen) atoms. The molecule has 2 aromatic carbocycles. The van der Waals surface area contributed by atoms with Gasteiger partial charge >= 0.3 is 0 Å². The van der Waals surface area contributed by atoms with Gasteiger partial charge in [0.25, 0.3) is 0 Å². The number of sulfone groups is 1. The van der Waals surface area contributed by atoms with Crippen LogP contribution in [0.1, 0.15) is 11.1 Å². The molecule has 0 amide bonds. The molecule has 2 N–H and O–H groups in total. The van der Waals surface area contributed by atoms with E-state index in [0.717, 1.165) is 11.1 Å². The van der Waals surface area contributed by atoms with E-state index in [1.165, 1.54) is 6.26 Å². The number of nitrogens with zero attached hydrogens (tertiary/aromatic N) is 1. The fourth-order valence-electron chi connectivity index (χ4n) is 2.10. The zero-order valence-electron chi connectivity index (χ0n) is 13.9. The molecule has 0 atom stereocenters. The quantitative estimate of drug-likeness (QED) is 0.597. The van der Waals surface area contributed by atoms with Crippen molar-refractivity contribution in [2.45, 2.75) is 18.0 Å². The highest BCUT2D eigenvalue weighted by Gasteiger charge is 2.07. The molecule has 0 radical (unpaired) electrons. The maximum absolute atomic E-state index is 11.5. The summed E-state index contributed by atoms with van der Waals surface area (Å²) in [6, 6.07) is 12.1. The summed E-state index contributed by atoms with van der Waals surface area (Å²) >= 11 is 12.0. The third-order valence-corrected chi connectivity index (χ3v) is 5.21. The van der Waals surface area contributed by atoms with Gasteiger partial charge in [-0.05, 0) is 35.4 Å². The van der Waals surface area contributed by atoms with E-state index in [4.69, 9.17) is 23.2 Å². The van der Waals surface area contributed by atoms with Crippen LogP contribution in [0, 0.1) is 0 Å². The first-order valence-electron chi connectivity index (χ1n) is 7.47. The van der Waals surface area contributed by atoms with Crippen LogP contribution in [0.25, 0.3) is 0 Å². The Morgan fingerprint density at radius 1 is 1.04 bits per heavy atom. The molecule has 5 nitrogen and oxygen atoms in total. The molecule has 0 fully saturated rings. The Morgan fingerprint density at radius 2 is 1.68 bits per heavy atom. The fourth-order valence-corrected chi connectivity index (χ4v) is 3.21. The molecule has 0 aliphatic rings. The van der Waals surface area contributed by atoms with Crippen molar-refractivity contribution in [1.82, 2.24) is 10.6 Å². The van der Waals surface area contributed by atoms with Crippen LogP contribution in [-0.4, -0.2) is 27.7 Å². The van der Waals surface area contributed by atoms with Crippen LogP contribution < -0.4 is 10.6 Å². The second-order valence-corrected chi connectivity index (χ2v) is 8.29. The van der Waals surface area contributed by atoms with Gasteiger partial charge in [-0.15, -0.1) is 0 Å².